The molecule has 1 aromatic heterocycles. The van der Waals surface area contributed by atoms with E-state index in [0.717, 1.165) is 0 Å². The van der Waals surface area contributed by atoms with E-state index in [0.29, 0.717) is 6.07 Å². The van der Waals surface area contributed by atoms with Crippen molar-refractivity contribution in [1.29, 1.82) is 5.26 Å². The predicted octanol–water partition coefficient (Wildman–Crippen LogP) is 1.74. The maximum atomic E-state index is 12.6. The molecule has 0 spiro atoms. The van der Waals surface area contributed by atoms with Crippen molar-refractivity contribution in [3.63, 3.8) is 0 Å². The van der Waals surface area contributed by atoms with Crippen LogP contribution in [0.15, 0.2) is 6.07 Å². The number of hydrogen-bond donors (Lipinski definition) is 1. The number of aromatic nitrogens is 1. The summed E-state index contributed by atoms with van der Waals surface area (Å²) in [6.45, 7) is 0. The molecule has 0 aliphatic carbocycles. The monoisotopic (exact) mass is 188 g/mol. The van der Waals surface area contributed by atoms with Crippen molar-refractivity contribution in [2.45, 2.75) is 6.43 Å². The standard InChI is InChI=1S/C7H3F3N2O/c8-4-1-3(2-11)12-5(6(4)13)7(9)10/h1,7,13H. The molecule has 0 saturated carbocycles. The second-order valence-electron chi connectivity index (χ2n) is 2.14. The summed E-state index contributed by atoms with van der Waals surface area (Å²) in [5.41, 5.74) is -1.61. The summed E-state index contributed by atoms with van der Waals surface area (Å²) in [5, 5.41) is 17.0. The minimum atomic E-state index is -3.11. The molecule has 1 rings (SSSR count). The third kappa shape index (κ3) is 1.69. The number of nitriles is 1. The lowest BCUT2D eigenvalue weighted by molar-refractivity contribution is 0.140. The lowest BCUT2D eigenvalue weighted by Crippen LogP contribution is -1.96. The van der Waals surface area contributed by atoms with Crippen LogP contribution in [0.3, 0.4) is 0 Å². The molecule has 0 fully saturated rings. The van der Waals surface area contributed by atoms with Crippen LogP contribution in [0.5, 0.6) is 5.75 Å². The van der Waals surface area contributed by atoms with Crippen molar-refractivity contribution in [2.75, 3.05) is 0 Å². The highest BCUT2D eigenvalue weighted by Crippen LogP contribution is 2.28. The van der Waals surface area contributed by atoms with Gasteiger partial charge < -0.3 is 5.11 Å². The molecular formula is C7H3F3N2O. The first-order valence-corrected chi connectivity index (χ1v) is 3.14. The quantitative estimate of drug-likeness (QED) is 0.730. The van der Waals surface area contributed by atoms with Crippen LogP contribution >= 0.6 is 0 Å². The molecule has 0 atom stereocenters. The highest BCUT2D eigenvalue weighted by molar-refractivity contribution is 5.34. The Morgan fingerprint density at radius 2 is 2.15 bits per heavy atom. The van der Waals surface area contributed by atoms with E-state index in [1.54, 1.807) is 0 Å². The van der Waals surface area contributed by atoms with E-state index in [4.69, 9.17) is 10.4 Å². The van der Waals surface area contributed by atoms with Crippen LogP contribution in [0, 0.1) is 17.1 Å². The Morgan fingerprint density at radius 1 is 1.54 bits per heavy atom. The van der Waals surface area contributed by atoms with Gasteiger partial charge in [0.15, 0.2) is 17.3 Å². The molecule has 1 N–H and O–H groups in total. The third-order valence-electron chi connectivity index (χ3n) is 1.29. The van der Waals surface area contributed by atoms with E-state index in [1.165, 1.54) is 6.07 Å². The zero-order chi connectivity index (χ0) is 10.0. The van der Waals surface area contributed by atoms with Crippen molar-refractivity contribution in [2.24, 2.45) is 0 Å². The largest absolute Gasteiger partial charge is 0.503 e. The van der Waals surface area contributed by atoms with Gasteiger partial charge in [-0.15, -0.1) is 0 Å². The van der Waals surface area contributed by atoms with Gasteiger partial charge in [-0.1, -0.05) is 0 Å². The number of aromatic hydroxyl groups is 1. The molecule has 0 saturated heterocycles. The second-order valence-corrected chi connectivity index (χ2v) is 2.14. The predicted molar refractivity (Wildman–Crippen MR) is 35.5 cm³/mol. The van der Waals surface area contributed by atoms with Gasteiger partial charge in [-0.25, -0.2) is 18.2 Å². The van der Waals surface area contributed by atoms with Crippen LogP contribution in [0.25, 0.3) is 0 Å². The zero-order valence-electron chi connectivity index (χ0n) is 6.13. The van der Waals surface area contributed by atoms with Crippen molar-refractivity contribution >= 4 is 0 Å². The van der Waals surface area contributed by atoms with E-state index in [2.05, 4.69) is 4.98 Å². The molecule has 0 radical (unpaired) electrons. The van der Waals surface area contributed by atoms with Gasteiger partial charge in [-0.2, -0.15) is 5.26 Å². The fourth-order valence-electron chi connectivity index (χ4n) is 0.735. The number of alkyl halides is 2. The van der Waals surface area contributed by atoms with Gasteiger partial charge in [0.25, 0.3) is 6.43 Å². The van der Waals surface area contributed by atoms with E-state index < -0.39 is 29.4 Å². The molecule has 0 aliphatic heterocycles. The summed E-state index contributed by atoms with van der Waals surface area (Å²) in [6, 6.07) is 1.98. The second kappa shape index (κ2) is 3.31. The van der Waals surface area contributed by atoms with Crippen LogP contribution in [-0.4, -0.2) is 10.1 Å². The summed E-state index contributed by atoms with van der Waals surface area (Å²) in [5.74, 6) is -2.49. The normalized spacial score (nSPS) is 10.1. The Bertz CT molecular complexity index is 373. The van der Waals surface area contributed by atoms with Crippen LogP contribution in [-0.2, 0) is 0 Å². The smallest absolute Gasteiger partial charge is 0.284 e. The lowest BCUT2D eigenvalue weighted by atomic mass is 10.3. The fourth-order valence-corrected chi connectivity index (χ4v) is 0.735. The molecule has 0 aliphatic rings. The molecule has 1 heterocycles. The molecule has 0 bridgehead atoms. The number of hydrogen-bond acceptors (Lipinski definition) is 3. The summed E-state index contributed by atoms with van der Waals surface area (Å²) < 4.78 is 36.7. The van der Waals surface area contributed by atoms with Gasteiger partial charge in [0.2, 0.25) is 0 Å². The molecule has 0 unspecified atom stereocenters. The van der Waals surface area contributed by atoms with Gasteiger partial charge >= 0.3 is 0 Å². The SMILES string of the molecule is N#Cc1cc(F)c(O)c(C(F)F)n1. The summed E-state index contributed by atoms with van der Waals surface area (Å²) in [4.78, 5) is 3.05. The maximum Gasteiger partial charge on any atom is 0.284 e. The van der Waals surface area contributed by atoms with Crippen LogP contribution in [0.2, 0.25) is 0 Å². The first kappa shape index (κ1) is 9.32. The molecule has 3 nitrogen and oxygen atoms in total. The summed E-state index contributed by atoms with van der Waals surface area (Å²) in [6.07, 6.45) is -3.11. The average Bonchev–Trinajstić information content (AvgIpc) is 2.09. The summed E-state index contributed by atoms with van der Waals surface area (Å²) >= 11 is 0. The minimum Gasteiger partial charge on any atom is -0.503 e. The Kier molecular flexibility index (Phi) is 2.37. The Hall–Kier alpha value is -1.77. The van der Waals surface area contributed by atoms with E-state index in [-0.39, 0.29) is 0 Å². The van der Waals surface area contributed by atoms with Crippen LogP contribution in [0.4, 0.5) is 13.2 Å². The first-order chi connectivity index (χ1) is 6.06. The van der Waals surface area contributed by atoms with Gasteiger partial charge in [-0.3, -0.25) is 0 Å². The van der Waals surface area contributed by atoms with Crippen LogP contribution in [0.1, 0.15) is 17.8 Å². The third-order valence-corrected chi connectivity index (χ3v) is 1.29. The molecule has 0 aromatic carbocycles. The van der Waals surface area contributed by atoms with Crippen LogP contribution < -0.4 is 0 Å². The van der Waals surface area contributed by atoms with E-state index in [9.17, 15) is 13.2 Å². The van der Waals surface area contributed by atoms with Gasteiger partial charge in [0.05, 0.1) is 0 Å². The van der Waals surface area contributed by atoms with Gasteiger partial charge in [-0.05, 0) is 0 Å². The molecule has 68 valence electrons. The Morgan fingerprint density at radius 3 is 2.62 bits per heavy atom. The lowest BCUT2D eigenvalue weighted by Gasteiger charge is -2.02. The highest BCUT2D eigenvalue weighted by atomic mass is 19.3. The zero-order valence-corrected chi connectivity index (χ0v) is 6.13. The first-order valence-electron chi connectivity index (χ1n) is 3.14. The average molecular weight is 188 g/mol. The Balaban J connectivity index is 3.35. The molecule has 6 heteroatoms. The number of pyridine rings is 1. The number of rotatable bonds is 1. The van der Waals surface area contributed by atoms with Crippen molar-refractivity contribution < 1.29 is 18.3 Å². The number of nitrogens with zero attached hydrogens (tertiary/aromatic N) is 2. The highest BCUT2D eigenvalue weighted by Gasteiger charge is 2.19. The number of halogens is 3. The molecule has 1 aromatic rings. The fraction of sp³-hybridized carbons (Fsp3) is 0.143. The van der Waals surface area contributed by atoms with E-state index in [1.807, 2.05) is 0 Å². The van der Waals surface area contributed by atoms with Gasteiger partial charge in [0, 0.05) is 6.07 Å². The molecule has 13 heavy (non-hydrogen) atoms. The maximum absolute atomic E-state index is 12.6. The topological polar surface area (TPSA) is 56.9 Å². The van der Waals surface area contributed by atoms with E-state index >= 15 is 0 Å². The Labute approximate surface area is 71.1 Å². The van der Waals surface area contributed by atoms with Crippen molar-refractivity contribution in [1.82, 2.24) is 4.98 Å². The van der Waals surface area contributed by atoms with Gasteiger partial charge in [0.1, 0.15) is 11.8 Å². The summed E-state index contributed by atoms with van der Waals surface area (Å²) in [7, 11) is 0. The van der Waals surface area contributed by atoms with Crippen molar-refractivity contribution in [3.8, 4) is 11.8 Å². The van der Waals surface area contributed by atoms with Crippen molar-refractivity contribution in [3.05, 3.63) is 23.3 Å². The molecular weight excluding hydrogens is 185 g/mol. The minimum absolute atomic E-state index is 0.495. The molecule has 0 amide bonds.